The standard InChI is InChI=1S/C15H12F4N6O2S/c1-5-4-6(22-25(5)3)13-20-21-15(24(13)2)28-12-10(18)8(16)7(14(26)23-27)9(17)11(12)19/h4,27H,1-3H3,(H,23,26). The van der Waals surface area contributed by atoms with E-state index in [0.717, 1.165) is 11.2 Å². The fraction of sp³-hybridized carbons (Fsp3) is 0.200. The molecule has 0 radical (unpaired) electrons. The second kappa shape index (κ2) is 7.24. The maximum Gasteiger partial charge on any atom is 0.280 e. The summed E-state index contributed by atoms with van der Waals surface area (Å²) in [5.74, 6) is -8.96. The molecule has 2 heterocycles. The molecule has 2 aromatic heterocycles. The lowest BCUT2D eigenvalue weighted by atomic mass is 10.1. The number of carbonyl (C=O) groups is 1. The third-order valence-corrected chi connectivity index (χ3v) is 5.02. The summed E-state index contributed by atoms with van der Waals surface area (Å²) >= 11 is 0.281. The molecule has 0 unspecified atom stereocenters. The molecule has 2 N–H and O–H groups in total. The van der Waals surface area contributed by atoms with Crippen LogP contribution in [-0.2, 0) is 14.1 Å². The van der Waals surface area contributed by atoms with Crippen LogP contribution in [0.4, 0.5) is 17.6 Å². The van der Waals surface area contributed by atoms with E-state index in [2.05, 4.69) is 15.3 Å². The number of halogens is 4. The van der Waals surface area contributed by atoms with Crippen LogP contribution in [-0.4, -0.2) is 35.7 Å². The zero-order valence-electron chi connectivity index (χ0n) is 14.6. The molecular weight excluding hydrogens is 404 g/mol. The molecule has 1 aromatic carbocycles. The van der Waals surface area contributed by atoms with E-state index in [1.165, 1.54) is 11.6 Å². The molecule has 28 heavy (non-hydrogen) atoms. The normalized spacial score (nSPS) is 11.1. The number of hydrogen-bond donors (Lipinski definition) is 2. The first-order valence-corrected chi connectivity index (χ1v) is 8.37. The number of hydrogen-bond acceptors (Lipinski definition) is 6. The molecule has 0 aliphatic heterocycles. The van der Waals surface area contributed by atoms with Crippen molar-refractivity contribution in [3.63, 3.8) is 0 Å². The van der Waals surface area contributed by atoms with E-state index in [1.54, 1.807) is 17.8 Å². The Bertz CT molecular complexity index is 1050. The van der Waals surface area contributed by atoms with Gasteiger partial charge < -0.3 is 4.57 Å². The average molecular weight is 416 g/mol. The van der Waals surface area contributed by atoms with Crippen molar-refractivity contribution in [2.24, 2.45) is 14.1 Å². The van der Waals surface area contributed by atoms with Crippen LogP contribution in [0, 0.1) is 30.2 Å². The Hall–Kier alpha value is -2.93. The van der Waals surface area contributed by atoms with Crippen LogP contribution < -0.4 is 5.48 Å². The van der Waals surface area contributed by atoms with E-state index < -0.39 is 39.6 Å². The highest BCUT2D eigenvalue weighted by Gasteiger charge is 2.31. The number of nitrogens with zero attached hydrogens (tertiary/aromatic N) is 5. The number of nitrogens with one attached hydrogen (secondary N) is 1. The third-order valence-electron chi connectivity index (χ3n) is 3.92. The average Bonchev–Trinajstić information content (AvgIpc) is 3.19. The summed E-state index contributed by atoms with van der Waals surface area (Å²) in [4.78, 5) is 10.2. The van der Waals surface area contributed by atoms with Crippen LogP contribution in [0.15, 0.2) is 16.1 Å². The van der Waals surface area contributed by atoms with Crippen LogP contribution >= 0.6 is 11.8 Å². The second-order valence-corrected chi connectivity index (χ2v) is 6.64. The van der Waals surface area contributed by atoms with Gasteiger partial charge in [0, 0.05) is 19.8 Å². The highest BCUT2D eigenvalue weighted by atomic mass is 32.2. The van der Waals surface area contributed by atoms with Crippen molar-refractivity contribution < 1.29 is 27.6 Å². The largest absolute Gasteiger partial charge is 0.304 e. The fourth-order valence-corrected chi connectivity index (χ4v) is 3.19. The van der Waals surface area contributed by atoms with E-state index in [9.17, 15) is 22.4 Å². The summed E-state index contributed by atoms with van der Waals surface area (Å²) in [6.07, 6.45) is 0. The summed E-state index contributed by atoms with van der Waals surface area (Å²) in [6.45, 7) is 1.81. The molecule has 0 atom stereocenters. The Balaban J connectivity index is 2.05. The minimum atomic E-state index is -1.95. The molecule has 13 heteroatoms. The van der Waals surface area contributed by atoms with E-state index in [4.69, 9.17) is 5.21 Å². The summed E-state index contributed by atoms with van der Waals surface area (Å²) in [6, 6.07) is 1.71. The van der Waals surface area contributed by atoms with Crippen LogP contribution in [0.1, 0.15) is 16.1 Å². The minimum absolute atomic E-state index is 0.0748. The predicted octanol–water partition coefficient (Wildman–Crippen LogP) is 2.35. The Morgan fingerprint density at radius 1 is 1.11 bits per heavy atom. The van der Waals surface area contributed by atoms with Crippen molar-refractivity contribution in [2.75, 3.05) is 0 Å². The summed E-state index contributed by atoms with van der Waals surface area (Å²) < 4.78 is 59.5. The molecule has 0 bridgehead atoms. The molecule has 1 amide bonds. The van der Waals surface area contributed by atoms with Gasteiger partial charge in [-0.15, -0.1) is 10.2 Å². The molecule has 8 nitrogen and oxygen atoms in total. The van der Waals surface area contributed by atoms with Crippen LogP contribution in [0.2, 0.25) is 0 Å². The van der Waals surface area contributed by atoms with E-state index in [-0.39, 0.29) is 22.7 Å². The molecular formula is C15H12F4N6O2S. The number of benzene rings is 1. The second-order valence-electron chi connectivity index (χ2n) is 5.66. The Labute approximate surface area is 159 Å². The number of aryl methyl sites for hydroxylation is 2. The van der Waals surface area contributed by atoms with E-state index in [1.807, 2.05) is 6.92 Å². The number of amides is 1. The first kappa shape index (κ1) is 19.8. The molecule has 148 valence electrons. The van der Waals surface area contributed by atoms with Gasteiger partial charge in [-0.2, -0.15) is 5.10 Å². The lowest BCUT2D eigenvalue weighted by Crippen LogP contribution is -2.23. The van der Waals surface area contributed by atoms with E-state index >= 15 is 0 Å². The summed E-state index contributed by atoms with van der Waals surface area (Å²) in [5.41, 5.74) is 0.615. The number of carbonyl (C=O) groups excluding carboxylic acids is 1. The SMILES string of the molecule is Cc1cc(-c2nnc(Sc3c(F)c(F)c(C(=O)NO)c(F)c3F)n2C)nn1C. The molecule has 0 aliphatic carbocycles. The van der Waals surface area contributed by atoms with Crippen molar-refractivity contribution in [3.8, 4) is 11.5 Å². The van der Waals surface area contributed by atoms with Crippen molar-refractivity contribution >= 4 is 17.7 Å². The van der Waals surface area contributed by atoms with Crippen molar-refractivity contribution in [3.05, 3.63) is 40.6 Å². The van der Waals surface area contributed by atoms with Gasteiger partial charge in [-0.05, 0) is 24.8 Å². The highest BCUT2D eigenvalue weighted by Crippen LogP contribution is 2.36. The molecule has 0 fully saturated rings. The third kappa shape index (κ3) is 3.11. The zero-order chi connectivity index (χ0) is 20.7. The predicted molar refractivity (Wildman–Crippen MR) is 87.6 cm³/mol. The van der Waals surface area contributed by atoms with Gasteiger partial charge in [0.05, 0.1) is 4.90 Å². The maximum absolute atomic E-state index is 14.3. The van der Waals surface area contributed by atoms with Crippen LogP contribution in [0.25, 0.3) is 11.5 Å². The molecule has 0 saturated heterocycles. The molecule has 0 saturated carbocycles. The van der Waals surface area contributed by atoms with Crippen molar-refractivity contribution in [2.45, 2.75) is 17.0 Å². The van der Waals surface area contributed by atoms with E-state index in [0.29, 0.717) is 5.69 Å². The number of rotatable bonds is 4. The smallest absolute Gasteiger partial charge is 0.280 e. The lowest BCUT2D eigenvalue weighted by Gasteiger charge is -2.10. The maximum atomic E-state index is 14.3. The molecule has 0 spiro atoms. The van der Waals surface area contributed by atoms with Gasteiger partial charge in [0.25, 0.3) is 5.91 Å². The van der Waals surface area contributed by atoms with Gasteiger partial charge in [0.15, 0.2) is 34.2 Å². The van der Waals surface area contributed by atoms with Crippen LogP contribution in [0.5, 0.6) is 0 Å². The quantitative estimate of drug-likeness (QED) is 0.293. The highest BCUT2D eigenvalue weighted by molar-refractivity contribution is 7.99. The summed E-state index contributed by atoms with van der Waals surface area (Å²) in [5, 5.41) is 20.3. The minimum Gasteiger partial charge on any atom is -0.304 e. The van der Waals surface area contributed by atoms with Gasteiger partial charge in [0.1, 0.15) is 11.3 Å². The monoisotopic (exact) mass is 416 g/mol. The lowest BCUT2D eigenvalue weighted by molar-refractivity contribution is 0.0693. The Kier molecular flexibility index (Phi) is 5.12. The Morgan fingerprint density at radius 3 is 2.21 bits per heavy atom. The number of hydroxylamine groups is 1. The molecule has 0 aliphatic rings. The first-order chi connectivity index (χ1) is 13.2. The van der Waals surface area contributed by atoms with Crippen molar-refractivity contribution in [1.82, 2.24) is 30.0 Å². The van der Waals surface area contributed by atoms with Gasteiger partial charge in [-0.3, -0.25) is 14.7 Å². The fourth-order valence-electron chi connectivity index (χ4n) is 2.34. The van der Waals surface area contributed by atoms with Gasteiger partial charge >= 0.3 is 0 Å². The zero-order valence-corrected chi connectivity index (χ0v) is 15.4. The van der Waals surface area contributed by atoms with Crippen LogP contribution in [0.3, 0.4) is 0 Å². The Morgan fingerprint density at radius 2 is 1.71 bits per heavy atom. The van der Waals surface area contributed by atoms with Gasteiger partial charge in [-0.25, -0.2) is 23.0 Å². The topological polar surface area (TPSA) is 97.9 Å². The first-order valence-electron chi connectivity index (χ1n) is 7.56. The number of aromatic nitrogens is 5. The van der Waals surface area contributed by atoms with Gasteiger partial charge in [-0.1, -0.05) is 0 Å². The summed E-state index contributed by atoms with van der Waals surface area (Å²) in [7, 11) is 3.20. The van der Waals surface area contributed by atoms with Gasteiger partial charge in [0.2, 0.25) is 0 Å². The molecule has 3 aromatic rings. The molecule has 3 rings (SSSR count). The van der Waals surface area contributed by atoms with Crippen molar-refractivity contribution in [1.29, 1.82) is 0 Å².